The van der Waals surface area contributed by atoms with Crippen molar-refractivity contribution < 1.29 is 13.5 Å². The highest BCUT2D eigenvalue weighted by molar-refractivity contribution is 5.88. The first-order valence-corrected chi connectivity index (χ1v) is 7.70. The molecule has 4 rings (SSSR count). The second kappa shape index (κ2) is 5.98. The standard InChI is InChI=1S/C19H14FN3O2/c1-11-14(10-12-6-5-9-16(24-2)17(12)21-11)19-23-22-18(25-19)13-7-3-4-8-15(13)20/h3-10H,1-2H3. The first kappa shape index (κ1) is 15.3. The summed E-state index contributed by atoms with van der Waals surface area (Å²) in [6, 6.07) is 13.9. The number of aromatic nitrogens is 3. The average Bonchev–Trinajstić information content (AvgIpc) is 3.10. The fourth-order valence-corrected chi connectivity index (χ4v) is 2.72. The summed E-state index contributed by atoms with van der Waals surface area (Å²) in [6.45, 7) is 1.86. The summed E-state index contributed by atoms with van der Waals surface area (Å²) < 4.78 is 24.9. The van der Waals surface area contributed by atoms with Crippen LogP contribution in [0.25, 0.3) is 33.8 Å². The number of ether oxygens (including phenoxy) is 1. The van der Waals surface area contributed by atoms with Gasteiger partial charge in [0.2, 0.25) is 5.89 Å². The lowest BCUT2D eigenvalue weighted by Gasteiger charge is -2.07. The molecule has 124 valence electrons. The van der Waals surface area contributed by atoms with Crippen molar-refractivity contribution in [2.45, 2.75) is 6.92 Å². The Bertz CT molecular complexity index is 1080. The molecule has 2 aromatic carbocycles. The number of hydrogen-bond acceptors (Lipinski definition) is 5. The monoisotopic (exact) mass is 335 g/mol. The topological polar surface area (TPSA) is 61.0 Å². The van der Waals surface area contributed by atoms with Gasteiger partial charge in [-0.1, -0.05) is 24.3 Å². The average molecular weight is 335 g/mol. The molecule has 0 radical (unpaired) electrons. The molecule has 0 atom stereocenters. The largest absolute Gasteiger partial charge is 0.494 e. The number of para-hydroxylation sites is 1. The number of nitrogens with zero attached hydrogens (tertiary/aromatic N) is 3. The van der Waals surface area contributed by atoms with Crippen LogP contribution in [0, 0.1) is 12.7 Å². The molecular weight excluding hydrogens is 321 g/mol. The summed E-state index contributed by atoms with van der Waals surface area (Å²) in [5.74, 6) is 0.728. The molecule has 0 aliphatic rings. The molecule has 25 heavy (non-hydrogen) atoms. The molecule has 0 fully saturated rings. The van der Waals surface area contributed by atoms with Crippen molar-refractivity contribution in [2.24, 2.45) is 0 Å². The number of hydrogen-bond donors (Lipinski definition) is 0. The summed E-state index contributed by atoms with van der Waals surface area (Å²) in [5, 5.41) is 8.92. The van der Waals surface area contributed by atoms with Gasteiger partial charge >= 0.3 is 0 Å². The van der Waals surface area contributed by atoms with Gasteiger partial charge in [0.25, 0.3) is 5.89 Å². The van der Waals surface area contributed by atoms with Gasteiger partial charge in [-0.15, -0.1) is 10.2 Å². The second-order valence-corrected chi connectivity index (χ2v) is 5.55. The molecule has 0 aliphatic carbocycles. The van der Waals surface area contributed by atoms with E-state index in [1.165, 1.54) is 6.07 Å². The predicted molar refractivity (Wildman–Crippen MR) is 91.7 cm³/mol. The van der Waals surface area contributed by atoms with Crippen molar-refractivity contribution in [1.82, 2.24) is 15.2 Å². The Morgan fingerprint density at radius 1 is 0.960 bits per heavy atom. The zero-order valence-corrected chi connectivity index (χ0v) is 13.7. The molecular formula is C19H14FN3O2. The lowest BCUT2D eigenvalue weighted by atomic mass is 10.1. The van der Waals surface area contributed by atoms with Gasteiger partial charge in [0.05, 0.1) is 23.9 Å². The normalized spacial score (nSPS) is 11.0. The summed E-state index contributed by atoms with van der Waals surface area (Å²) >= 11 is 0. The van der Waals surface area contributed by atoms with Gasteiger partial charge < -0.3 is 9.15 Å². The summed E-state index contributed by atoms with van der Waals surface area (Å²) in [5.41, 5.74) is 2.46. The Balaban J connectivity index is 1.83. The summed E-state index contributed by atoms with van der Waals surface area (Å²) in [6.07, 6.45) is 0. The maximum atomic E-state index is 13.9. The van der Waals surface area contributed by atoms with Crippen molar-refractivity contribution in [3.05, 3.63) is 60.0 Å². The minimum absolute atomic E-state index is 0.137. The Hall–Kier alpha value is -3.28. The molecule has 2 heterocycles. The zero-order chi connectivity index (χ0) is 17.4. The molecule has 0 unspecified atom stereocenters. The third kappa shape index (κ3) is 2.61. The zero-order valence-electron chi connectivity index (χ0n) is 13.7. The van der Waals surface area contributed by atoms with Gasteiger partial charge in [-0.3, -0.25) is 0 Å². The lowest BCUT2D eigenvalue weighted by Crippen LogP contribution is -1.93. The van der Waals surface area contributed by atoms with Gasteiger partial charge in [0, 0.05) is 5.39 Å². The molecule has 0 amide bonds. The number of aryl methyl sites for hydroxylation is 1. The smallest absolute Gasteiger partial charge is 0.251 e. The van der Waals surface area contributed by atoms with Crippen molar-refractivity contribution in [3.8, 4) is 28.7 Å². The fourth-order valence-electron chi connectivity index (χ4n) is 2.72. The molecule has 2 aromatic heterocycles. The third-order valence-electron chi connectivity index (χ3n) is 3.98. The maximum absolute atomic E-state index is 13.9. The third-order valence-corrected chi connectivity index (χ3v) is 3.98. The predicted octanol–water partition coefficient (Wildman–Crippen LogP) is 4.41. The summed E-state index contributed by atoms with van der Waals surface area (Å²) in [4.78, 5) is 4.60. The molecule has 0 bridgehead atoms. The van der Waals surface area contributed by atoms with Gasteiger partial charge in [-0.2, -0.15) is 0 Å². The van der Waals surface area contributed by atoms with Crippen LogP contribution in [-0.2, 0) is 0 Å². The van der Waals surface area contributed by atoms with Crippen LogP contribution in [0.5, 0.6) is 5.75 Å². The van der Waals surface area contributed by atoms with Crippen LogP contribution < -0.4 is 4.74 Å². The molecule has 0 aliphatic heterocycles. The Morgan fingerprint density at radius 3 is 2.48 bits per heavy atom. The molecule has 5 nitrogen and oxygen atoms in total. The lowest BCUT2D eigenvalue weighted by molar-refractivity contribution is 0.419. The van der Waals surface area contributed by atoms with Crippen LogP contribution in [0.3, 0.4) is 0 Å². The number of halogens is 1. The molecule has 6 heteroatoms. The van der Waals surface area contributed by atoms with Crippen LogP contribution >= 0.6 is 0 Å². The maximum Gasteiger partial charge on any atom is 0.251 e. The van der Waals surface area contributed by atoms with E-state index in [9.17, 15) is 4.39 Å². The van der Waals surface area contributed by atoms with Gasteiger partial charge in [-0.25, -0.2) is 9.37 Å². The first-order chi connectivity index (χ1) is 12.2. The molecule has 0 saturated heterocycles. The van der Waals surface area contributed by atoms with Crippen molar-refractivity contribution in [2.75, 3.05) is 7.11 Å². The SMILES string of the molecule is COc1cccc2cc(-c3nnc(-c4ccccc4F)o3)c(C)nc12. The Kier molecular flexibility index (Phi) is 3.65. The molecule has 4 aromatic rings. The van der Waals surface area contributed by atoms with Crippen LogP contribution in [-0.4, -0.2) is 22.3 Å². The van der Waals surface area contributed by atoms with Gasteiger partial charge in [-0.05, 0) is 31.2 Å². The van der Waals surface area contributed by atoms with Crippen molar-refractivity contribution >= 4 is 10.9 Å². The highest BCUT2D eigenvalue weighted by atomic mass is 19.1. The van der Waals surface area contributed by atoms with E-state index in [0.29, 0.717) is 17.2 Å². The van der Waals surface area contributed by atoms with E-state index in [4.69, 9.17) is 9.15 Å². The van der Waals surface area contributed by atoms with Crippen LogP contribution in [0.2, 0.25) is 0 Å². The minimum Gasteiger partial charge on any atom is -0.494 e. The van der Waals surface area contributed by atoms with E-state index in [-0.39, 0.29) is 11.5 Å². The number of benzene rings is 2. The quantitative estimate of drug-likeness (QED) is 0.555. The highest BCUT2D eigenvalue weighted by Gasteiger charge is 2.17. The number of fused-ring (bicyclic) bond motifs is 1. The van der Waals surface area contributed by atoms with E-state index in [1.54, 1.807) is 25.3 Å². The van der Waals surface area contributed by atoms with Crippen LogP contribution in [0.15, 0.2) is 52.9 Å². The van der Waals surface area contributed by atoms with E-state index < -0.39 is 5.82 Å². The number of pyridine rings is 1. The second-order valence-electron chi connectivity index (χ2n) is 5.55. The van der Waals surface area contributed by atoms with Gasteiger partial charge in [0.15, 0.2) is 0 Å². The Morgan fingerprint density at radius 2 is 1.72 bits per heavy atom. The van der Waals surface area contributed by atoms with Gasteiger partial charge in [0.1, 0.15) is 17.1 Å². The first-order valence-electron chi connectivity index (χ1n) is 7.70. The number of rotatable bonds is 3. The fraction of sp³-hybridized carbons (Fsp3) is 0.105. The van der Waals surface area contributed by atoms with E-state index in [0.717, 1.165) is 16.6 Å². The highest BCUT2D eigenvalue weighted by Crippen LogP contribution is 2.31. The van der Waals surface area contributed by atoms with E-state index in [1.807, 2.05) is 31.2 Å². The van der Waals surface area contributed by atoms with E-state index in [2.05, 4.69) is 15.2 Å². The van der Waals surface area contributed by atoms with Crippen molar-refractivity contribution in [3.63, 3.8) is 0 Å². The Labute approximate surface area is 143 Å². The minimum atomic E-state index is -0.407. The molecule has 0 N–H and O–H groups in total. The molecule has 0 spiro atoms. The summed E-state index contributed by atoms with van der Waals surface area (Å²) in [7, 11) is 1.61. The molecule has 0 saturated carbocycles. The number of methoxy groups -OCH3 is 1. The van der Waals surface area contributed by atoms with E-state index >= 15 is 0 Å². The van der Waals surface area contributed by atoms with Crippen molar-refractivity contribution in [1.29, 1.82) is 0 Å². The van der Waals surface area contributed by atoms with Crippen LogP contribution in [0.1, 0.15) is 5.69 Å². The van der Waals surface area contributed by atoms with Crippen LogP contribution in [0.4, 0.5) is 4.39 Å².